The minimum Gasteiger partial charge on any atom is -0.489 e. The number of anilines is 1. The van der Waals surface area contributed by atoms with E-state index in [1.54, 1.807) is 0 Å². The summed E-state index contributed by atoms with van der Waals surface area (Å²) in [6.45, 7) is 7.79. The molecule has 3 aromatic carbocycles. The van der Waals surface area contributed by atoms with Gasteiger partial charge in [0, 0.05) is 12.2 Å². The molecule has 0 bridgehead atoms. The van der Waals surface area contributed by atoms with Crippen molar-refractivity contribution >= 4 is 5.69 Å². The molecule has 0 amide bonds. The van der Waals surface area contributed by atoms with Crippen molar-refractivity contribution in [1.82, 2.24) is 0 Å². The van der Waals surface area contributed by atoms with Crippen LogP contribution in [0.25, 0.3) is 0 Å². The molecule has 3 rings (SSSR count). The zero-order valence-electron chi connectivity index (χ0n) is 15.2. The summed E-state index contributed by atoms with van der Waals surface area (Å²) in [5.41, 5.74) is 7.50. The molecule has 0 radical (unpaired) electrons. The van der Waals surface area contributed by atoms with Gasteiger partial charge in [0.15, 0.2) is 0 Å². The third-order valence-corrected chi connectivity index (χ3v) is 4.54. The largest absolute Gasteiger partial charge is 0.489 e. The summed E-state index contributed by atoms with van der Waals surface area (Å²) in [5.74, 6) is 0.899. The maximum atomic E-state index is 5.86. The van der Waals surface area contributed by atoms with Gasteiger partial charge in [-0.2, -0.15) is 0 Å². The first-order chi connectivity index (χ1) is 12.1. The van der Waals surface area contributed by atoms with Crippen LogP contribution < -0.4 is 10.1 Å². The highest BCUT2D eigenvalue weighted by Crippen LogP contribution is 2.20. The number of hydrogen-bond acceptors (Lipinski definition) is 2. The standard InChI is InChI=1S/C23H25NO/c1-17-7-9-21(10-8-17)16-25-22-13-11-20(12-14-22)15-24-23-6-4-5-18(2)19(23)3/h4-14,24H,15-16H2,1-3H3. The van der Waals surface area contributed by atoms with Crippen molar-refractivity contribution in [2.45, 2.75) is 33.9 Å². The van der Waals surface area contributed by atoms with Crippen molar-refractivity contribution in [3.05, 3.63) is 94.5 Å². The zero-order valence-corrected chi connectivity index (χ0v) is 15.2. The Morgan fingerprint density at radius 3 is 2.16 bits per heavy atom. The van der Waals surface area contributed by atoms with E-state index in [2.05, 4.69) is 80.7 Å². The molecule has 25 heavy (non-hydrogen) atoms. The molecule has 3 aromatic rings. The Morgan fingerprint density at radius 1 is 0.760 bits per heavy atom. The Morgan fingerprint density at radius 2 is 1.44 bits per heavy atom. The maximum absolute atomic E-state index is 5.86. The first-order valence-electron chi connectivity index (χ1n) is 8.69. The number of nitrogens with one attached hydrogen (secondary N) is 1. The number of aryl methyl sites for hydroxylation is 2. The van der Waals surface area contributed by atoms with Gasteiger partial charge in [-0.3, -0.25) is 0 Å². The van der Waals surface area contributed by atoms with Crippen LogP contribution in [0.1, 0.15) is 27.8 Å². The fourth-order valence-electron chi connectivity index (χ4n) is 2.69. The van der Waals surface area contributed by atoms with Crippen molar-refractivity contribution in [2.24, 2.45) is 0 Å². The highest BCUT2D eigenvalue weighted by atomic mass is 16.5. The average molecular weight is 331 g/mol. The Hall–Kier alpha value is -2.74. The fourth-order valence-corrected chi connectivity index (χ4v) is 2.69. The van der Waals surface area contributed by atoms with Crippen LogP contribution >= 0.6 is 0 Å². The molecule has 0 unspecified atom stereocenters. The van der Waals surface area contributed by atoms with Gasteiger partial charge in [-0.25, -0.2) is 0 Å². The van der Waals surface area contributed by atoms with Crippen LogP contribution in [0.5, 0.6) is 5.75 Å². The summed E-state index contributed by atoms with van der Waals surface area (Å²) in [6, 6.07) is 23.1. The Labute approximate surface area is 150 Å². The first-order valence-corrected chi connectivity index (χ1v) is 8.69. The number of rotatable bonds is 6. The van der Waals surface area contributed by atoms with E-state index in [-0.39, 0.29) is 0 Å². The third-order valence-electron chi connectivity index (χ3n) is 4.54. The van der Waals surface area contributed by atoms with Gasteiger partial charge < -0.3 is 10.1 Å². The molecule has 0 saturated carbocycles. The van der Waals surface area contributed by atoms with Gasteiger partial charge in [0.25, 0.3) is 0 Å². The van der Waals surface area contributed by atoms with Crippen molar-refractivity contribution in [2.75, 3.05) is 5.32 Å². The summed E-state index contributed by atoms with van der Waals surface area (Å²) in [5, 5.41) is 3.51. The van der Waals surface area contributed by atoms with Gasteiger partial charge >= 0.3 is 0 Å². The quantitative estimate of drug-likeness (QED) is 0.616. The summed E-state index contributed by atoms with van der Waals surface area (Å²) < 4.78 is 5.86. The molecule has 0 fully saturated rings. The molecule has 0 heterocycles. The van der Waals surface area contributed by atoms with Crippen molar-refractivity contribution < 1.29 is 4.74 Å². The molecule has 128 valence electrons. The molecule has 0 atom stereocenters. The van der Waals surface area contributed by atoms with E-state index in [1.165, 1.54) is 33.5 Å². The lowest BCUT2D eigenvalue weighted by Crippen LogP contribution is -2.02. The zero-order chi connectivity index (χ0) is 17.6. The van der Waals surface area contributed by atoms with Crippen molar-refractivity contribution in [3.8, 4) is 5.75 Å². The van der Waals surface area contributed by atoms with E-state index >= 15 is 0 Å². The maximum Gasteiger partial charge on any atom is 0.119 e. The van der Waals surface area contributed by atoms with Gasteiger partial charge in [0.2, 0.25) is 0 Å². The van der Waals surface area contributed by atoms with E-state index in [4.69, 9.17) is 4.74 Å². The van der Waals surface area contributed by atoms with E-state index < -0.39 is 0 Å². The SMILES string of the molecule is Cc1ccc(COc2ccc(CNc3cccc(C)c3C)cc2)cc1. The minimum atomic E-state index is 0.598. The van der Waals surface area contributed by atoms with Gasteiger partial charge in [-0.05, 0) is 61.2 Å². The minimum absolute atomic E-state index is 0.598. The van der Waals surface area contributed by atoms with Crippen LogP contribution in [0.3, 0.4) is 0 Å². The molecule has 0 aliphatic carbocycles. The van der Waals surface area contributed by atoms with Crippen LogP contribution in [0, 0.1) is 20.8 Å². The highest BCUT2D eigenvalue weighted by Gasteiger charge is 2.01. The Bertz CT molecular complexity index is 820. The Kier molecular flexibility index (Phi) is 5.39. The van der Waals surface area contributed by atoms with E-state index in [9.17, 15) is 0 Å². The second-order valence-electron chi connectivity index (χ2n) is 6.52. The predicted molar refractivity (Wildman–Crippen MR) is 105 cm³/mol. The molecule has 0 aliphatic heterocycles. The lowest BCUT2D eigenvalue weighted by atomic mass is 10.1. The van der Waals surface area contributed by atoms with Crippen LogP contribution in [0.4, 0.5) is 5.69 Å². The first kappa shape index (κ1) is 17.1. The van der Waals surface area contributed by atoms with Gasteiger partial charge in [-0.15, -0.1) is 0 Å². The van der Waals surface area contributed by atoms with Crippen molar-refractivity contribution in [1.29, 1.82) is 0 Å². The van der Waals surface area contributed by atoms with Gasteiger partial charge in [0.05, 0.1) is 0 Å². The van der Waals surface area contributed by atoms with Crippen molar-refractivity contribution in [3.63, 3.8) is 0 Å². The summed E-state index contributed by atoms with van der Waals surface area (Å²) >= 11 is 0. The molecule has 1 N–H and O–H groups in total. The van der Waals surface area contributed by atoms with Crippen LogP contribution in [0.2, 0.25) is 0 Å². The predicted octanol–water partition coefficient (Wildman–Crippen LogP) is 5.80. The summed E-state index contributed by atoms with van der Waals surface area (Å²) in [7, 11) is 0. The highest BCUT2D eigenvalue weighted by molar-refractivity contribution is 5.54. The second-order valence-corrected chi connectivity index (χ2v) is 6.52. The average Bonchev–Trinajstić information content (AvgIpc) is 2.63. The number of hydrogen-bond donors (Lipinski definition) is 1. The molecule has 0 saturated heterocycles. The van der Waals surface area contributed by atoms with E-state index in [0.717, 1.165) is 12.3 Å². The molecule has 0 spiro atoms. The second kappa shape index (κ2) is 7.89. The smallest absolute Gasteiger partial charge is 0.119 e. The molecule has 2 nitrogen and oxygen atoms in total. The van der Waals surface area contributed by atoms with Crippen LogP contribution in [-0.4, -0.2) is 0 Å². The lowest BCUT2D eigenvalue weighted by molar-refractivity contribution is 0.306. The molecular weight excluding hydrogens is 306 g/mol. The van der Waals surface area contributed by atoms with E-state index in [1.807, 2.05) is 12.1 Å². The fraction of sp³-hybridized carbons (Fsp3) is 0.217. The van der Waals surface area contributed by atoms with E-state index in [0.29, 0.717) is 6.61 Å². The summed E-state index contributed by atoms with van der Waals surface area (Å²) in [4.78, 5) is 0. The van der Waals surface area contributed by atoms with Gasteiger partial charge in [0.1, 0.15) is 12.4 Å². The lowest BCUT2D eigenvalue weighted by Gasteiger charge is -2.12. The molecule has 2 heteroatoms. The molecular formula is C23H25NO. The van der Waals surface area contributed by atoms with Gasteiger partial charge in [-0.1, -0.05) is 54.1 Å². The number of benzene rings is 3. The Balaban J connectivity index is 1.55. The number of ether oxygens (including phenoxy) is 1. The molecule has 0 aliphatic rings. The monoisotopic (exact) mass is 331 g/mol. The summed E-state index contributed by atoms with van der Waals surface area (Å²) in [6.07, 6.45) is 0. The molecule has 0 aromatic heterocycles. The topological polar surface area (TPSA) is 21.3 Å². The normalized spacial score (nSPS) is 10.5. The van der Waals surface area contributed by atoms with Crippen LogP contribution in [0.15, 0.2) is 66.7 Å². The van der Waals surface area contributed by atoms with Crippen LogP contribution in [-0.2, 0) is 13.2 Å². The third kappa shape index (κ3) is 4.63.